The Hall–Kier alpha value is -1.42. The van der Waals surface area contributed by atoms with E-state index in [1.165, 1.54) is 5.57 Å². The first-order valence-corrected chi connectivity index (χ1v) is 4.63. The molecule has 0 atom stereocenters. The van der Waals surface area contributed by atoms with Gasteiger partial charge in [0, 0.05) is 0 Å². The van der Waals surface area contributed by atoms with E-state index in [0.29, 0.717) is 12.4 Å². The van der Waals surface area contributed by atoms with E-state index in [1.54, 1.807) is 6.20 Å². The second-order valence-electron chi connectivity index (χ2n) is 3.28. The van der Waals surface area contributed by atoms with Crippen molar-refractivity contribution in [2.45, 2.75) is 13.3 Å². The molecule has 0 saturated heterocycles. The van der Waals surface area contributed by atoms with Crippen molar-refractivity contribution in [3.05, 3.63) is 23.7 Å². The Kier molecular flexibility index (Phi) is 2.45. The van der Waals surface area contributed by atoms with E-state index in [2.05, 4.69) is 9.97 Å². The van der Waals surface area contributed by atoms with Gasteiger partial charge in [0.2, 0.25) is 0 Å². The molecule has 0 amide bonds. The number of aryl methyl sites for hydroxylation is 1. The van der Waals surface area contributed by atoms with Gasteiger partial charge in [-0.2, -0.15) is 0 Å². The minimum Gasteiger partial charge on any atom is -0.382 e. The summed E-state index contributed by atoms with van der Waals surface area (Å²) in [6.07, 6.45) is 4.67. The van der Waals surface area contributed by atoms with Crippen LogP contribution in [0.5, 0.6) is 0 Å². The third kappa shape index (κ3) is 1.75. The molecule has 1 aliphatic heterocycles. The van der Waals surface area contributed by atoms with Gasteiger partial charge in [0.15, 0.2) is 0 Å². The van der Waals surface area contributed by atoms with E-state index in [-0.39, 0.29) is 0 Å². The minimum atomic E-state index is 0.501. The van der Waals surface area contributed by atoms with Crippen LogP contribution >= 0.6 is 0 Å². The zero-order chi connectivity index (χ0) is 9.97. The zero-order valence-electron chi connectivity index (χ0n) is 8.16. The van der Waals surface area contributed by atoms with Crippen molar-refractivity contribution < 1.29 is 4.74 Å². The largest absolute Gasteiger partial charge is 0.382 e. The maximum absolute atomic E-state index is 5.60. The first kappa shape index (κ1) is 9.15. The van der Waals surface area contributed by atoms with Gasteiger partial charge >= 0.3 is 0 Å². The van der Waals surface area contributed by atoms with Crippen LogP contribution in [0.15, 0.2) is 12.3 Å². The SMILES string of the molecule is Cc1nc(C2=CCOCC2)cnc1N. The van der Waals surface area contributed by atoms with Gasteiger partial charge in [0.05, 0.1) is 30.8 Å². The molecule has 1 aromatic heterocycles. The second kappa shape index (κ2) is 3.75. The fraction of sp³-hybridized carbons (Fsp3) is 0.400. The number of hydrogen-bond acceptors (Lipinski definition) is 4. The summed E-state index contributed by atoms with van der Waals surface area (Å²) in [5, 5.41) is 0. The predicted octanol–water partition coefficient (Wildman–Crippen LogP) is 1.17. The molecule has 0 aromatic carbocycles. The van der Waals surface area contributed by atoms with E-state index >= 15 is 0 Å². The van der Waals surface area contributed by atoms with Crippen LogP contribution in [-0.2, 0) is 4.74 Å². The topological polar surface area (TPSA) is 61.0 Å². The molecule has 4 heteroatoms. The molecule has 4 nitrogen and oxygen atoms in total. The van der Waals surface area contributed by atoms with Gasteiger partial charge in [-0.25, -0.2) is 9.97 Å². The van der Waals surface area contributed by atoms with Crippen LogP contribution in [0.2, 0.25) is 0 Å². The van der Waals surface area contributed by atoms with Gasteiger partial charge in [0.25, 0.3) is 0 Å². The maximum Gasteiger partial charge on any atom is 0.144 e. The molecular formula is C10H13N3O. The third-order valence-corrected chi connectivity index (χ3v) is 2.28. The summed E-state index contributed by atoms with van der Waals surface area (Å²) in [7, 11) is 0. The quantitative estimate of drug-likeness (QED) is 0.723. The first-order chi connectivity index (χ1) is 6.77. The third-order valence-electron chi connectivity index (χ3n) is 2.28. The Morgan fingerprint density at radius 2 is 2.36 bits per heavy atom. The van der Waals surface area contributed by atoms with E-state index < -0.39 is 0 Å². The molecule has 0 fully saturated rings. The van der Waals surface area contributed by atoms with Crippen molar-refractivity contribution in [1.82, 2.24) is 9.97 Å². The van der Waals surface area contributed by atoms with Crippen LogP contribution < -0.4 is 5.73 Å². The van der Waals surface area contributed by atoms with E-state index in [4.69, 9.17) is 10.5 Å². The fourth-order valence-corrected chi connectivity index (χ4v) is 1.41. The first-order valence-electron chi connectivity index (χ1n) is 4.63. The molecule has 0 aliphatic carbocycles. The predicted molar refractivity (Wildman–Crippen MR) is 54.6 cm³/mol. The highest BCUT2D eigenvalue weighted by Crippen LogP contribution is 2.19. The summed E-state index contributed by atoms with van der Waals surface area (Å²) >= 11 is 0. The van der Waals surface area contributed by atoms with E-state index in [0.717, 1.165) is 24.4 Å². The Balaban J connectivity index is 2.32. The summed E-state index contributed by atoms with van der Waals surface area (Å²) in [5.41, 5.74) is 8.50. The van der Waals surface area contributed by atoms with Gasteiger partial charge in [-0.05, 0) is 18.9 Å². The number of anilines is 1. The van der Waals surface area contributed by atoms with Gasteiger partial charge in [-0.3, -0.25) is 0 Å². The van der Waals surface area contributed by atoms with E-state index in [1.807, 2.05) is 13.0 Å². The van der Waals surface area contributed by atoms with Crippen molar-refractivity contribution in [2.24, 2.45) is 0 Å². The van der Waals surface area contributed by atoms with Crippen molar-refractivity contribution in [2.75, 3.05) is 18.9 Å². The van der Waals surface area contributed by atoms with Crippen molar-refractivity contribution in [3.63, 3.8) is 0 Å². The molecule has 2 heterocycles. The molecule has 0 saturated carbocycles. The molecule has 0 radical (unpaired) electrons. The lowest BCUT2D eigenvalue weighted by molar-refractivity contribution is 0.161. The lowest BCUT2D eigenvalue weighted by Crippen LogP contribution is -2.06. The van der Waals surface area contributed by atoms with Gasteiger partial charge in [-0.1, -0.05) is 6.08 Å². The molecule has 0 spiro atoms. The van der Waals surface area contributed by atoms with Crippen LogP contribution in [0.25, 0.3) is 5.57 Å². The Morgan fingerprint density at radius 3 is 3.00 bits per heavy atom. The highest BCUT2D eigenvalue weighted by molar-refractivity contribution is 5.63. The number of ether oxygens (including phenoxy) is 1. The Bertz CT molecular complexity index is 374. The molecule has 0 unspecified atom stereocenters. The lowest BCUT2D eigenvalue weighted by Gasteiger charge is -2.13. The maximum atomic E-state index is 5.60. The number of hydrogen-bond donors (Lipinski definition) is 1. The molecule has 1 aromatic rings. The summed E-state index contributed by atoms with van der Waals surface area (Å²) < 4.78 is 5.23. The fourth-order valence-electron chi connectivity index (χ4n) is 1.41. The number of rotatable bonds is 1. The molecule has 2 rings (SSSR count). The average molecular weight is 191 g/mol. The van der Waals surface area contributed by atoms with Gasteiger partial charge in [-0.15, -0.1) is 0 Å². The molecule has 74 valence electrons. The van der Waals surface area contributed by atoms with Crippen molar-refractivity contribution in [1.29, 1.82) is 0 Å². The van der Waals surface area contributed by atoms with Crippen LogP contribution in [0.1, 0.15) is 17.8 Å². The van der Waals surface area contributed by atoms with Crippen molar-refractivity contribution in [3.8, 4) is 0 Å². The molecule has 1 aliphatic rings. The Labute approximate surface area is 82.8 Å². The van der Waals surface area contributed by atoms with Crippen LogP contribution in [-0.4, -0.2) is 23.2 Å². The summed E-state index contributed by atoms with van der Waals surface area (Å²) in [6.45, 7) is 3.29. The van der Waals surface area contributed by atoms with Gasteiger partial charge in [0.1, 0.15) is 5.82 Å². The standard InChI is InChI=1S/C10H13N3O/c1-7-10(11)12-6-9(13-7)8-2-4-14-5-3-8/h2,6H,3-5H2,1H3,(H2,11,12). The van der Waals surface area contributed by atoms with E-state index in [9.17, 15) is 0 Å². The molecule has 2 N–H and O–H groups in total. The summed E-state index contributed by atoms with van der Waals surface area (Å²) in [4.78, 5) is 8.47. The summed E-state index contributed by atoms with van der Waals surface area (Å²) in [6, 6.07) is 0. The molecule has 0 bridgehead atoms. The number of nitrogen functional groups attached to an aromatic ring is 1. The summed E-state index contributed by atoms with van der Waals surface area (Å²) in [5.74, 6) is 0.501. The average Bonchev–Trinajstić information content (AvgIpc) is 2.23. The number of nitrogens with zero attached hydrogens (tertiary/aromatic N) is 2. The monoisotopic (exact) mass is 191 g/mol. The van der Waals surface area contributed by atoms with Gasteiger partial charge < -0.3 is 10.5 Å². The number of aromatic nitrogens is 2. The highest BCUT2D eigenvalue weighted by atomic mass is 16.5. The minimum absolute atomic E-state index is 0.501. The Morgan fingerprint density at radius 1 is 1.50 bits per heavy atom. The normalized spacial score (nSPS) is 16.5. The van der Waals surface area contributed by atoms with Crippen LogP contribution in [0.4, 0.5) is 5.82 Å². The smallest absolute Gasteiger partial charge is 0.144 e. The molecular weight excluding hydrogens is 178 g/mol. The zero-order valence-corrected chi connectivity index (χ0v) is 8.16. The van der Waals surface area contributed by atoms with Crippen molar-refractivity contribution >= 4 is 11.4 Å². The lowest BCUT2D eigenvalue weighted by atomic mass is 10.1. The highest BCUT2D eigenvalue weighted by Gasteiger charge is 2.08. The number of nitrogens with two attached hydrogens (primary N) is 1. The van der Waals surface area contributed by atoms with Crippen LogP contribution in [0, 0.1) is 6.92 Å². The second-order valence-corrected chi connectivity index (χ2v) is 3.28. The molecule has 14 heavy (non-hydrogen) atoms. The van der Waals surface area contributed by atoms with Crippen LogP contribution in [0.3, 0.4) is 0 Å².